The second-order valence-corrected chi connectivity index (χ2v) is 4.95. The third-order valence-corrected chi connectivity index (χ3v) is 3.34. The molecule has 1 N–H and O–H groups in total. The van der Waals surface area contributed by atoms with Gasteiger partial charge in [-0.2, -0.15) is 0 Å². The Morgan fingerprint density at radius 2 is 2.07 bits per heavy atom. The minimum absolute atomic E-state index is 0.102. The SMILES string of the molecule is CC(F)(F)CCC1=NCC2(CCCC2)N1. The molecule has 2 nitrogen and oxygen atoms in total. The van der Waals surface area contributed by atoms with Crippen molar-refractivity contribution in [2.75, 3.05) is 6.54 Å². The zero-order chi connectivity index (χ0) is 10.9. The highest BCUT2D eigenvalue weighted by atomic mass is 19.3. The van der Waals surface area contributed by atoms with E-state index in [0.29, 0.717) is 6.42 Å². The van der Waals surface area contributed by atoms with Gasteiger partial charge in [0.2, 0.25) is 5.92 Å². The summed E-state index contributed by atoms with van der Waals surface area (Å²) in [6, 6.07) is 0. The largest absolute Gasteiger partial charge is 0.367 e. The van der Waals surface area contributed by atoms with E-state index in [1.807, 2.05) is 0 Å². The molecule has 4 heteroatoms. The number of aliphatic imine (C=N–C) groups is 1. The van der Waals surface area contributed by atoms with Gasteiger partial charge < -0.3 is 5.32 Å². The Morgan fingerprint density at radius 3 is 2.67 bits per heavy atom. The van der Waals surface area contributed by atoms with Crippen LogP contribution in [0.15, 0.2) is 4.99 Å². The standard InChI is InChI=1S/C11H18F2N2/c1-10(12,13)7-4-9-14-8-11(15-9)5-2-3-6-11/h2-8H2,1H3,(H,14,15). The number of rotatable bonds is 3. The number of nitrogens with one attached hydrogen (secondary N) is 1. The van der Waals surface area contributed by atoms with Gasteiger partial charge in [0.1, 0.15) is 0 Å². The van der Waals surface area contributed by atoms with E-state index >= 15 is 0 Å². The van der Waals surface area contributed by atoms with E-state index in [2.05, 4.69) is 10.3 Å². The predicted molar refractivity (Wildman–Crippen MR) is 56.5 cm³/mol. The Hall–Kier alpha value is -0.670. The van der Waals surface area contributed by atoms with Crippen molar-refractivity contribution in [2.24, 2.45) is 4.99 Å². The van der Waals surface area contributed by atoms with Gasteiger partial charge in [-0.15, -0.1) is 0 Å². The molecule has 2 aliphatic rings. The molecule has 2 rings (SSSR count). The van der Waals surface area contributed by atoms with Crippen LogP contribution in [0, 0.1) is 0 Å². The predicted octanol–water partition coefficient (Wildman–Crippen LogP) is 2.74. The molecular formula is C11H18F2N2. The van der Waals surface area contributed by atoms with E-state index in [1.165, 1.54) is 12.8 Å². The summed E-state index contributed by atoms with van der Waals surface area (Å²) in [6.45, 7) is 1.76. The van der Waals surface area contributed by atoms with Crippen LogP contribution in [-0.4, -0.2) is 23.8 Å². The highest BCUT2D eigenvalue weighted by Crippen LogP contribution is 2.33. The summed E-state index contributed by atoms with van der Waals surface area (Å²) in [5.74, 6) is -1.78. The van der Waals surface area contributed by atoms with Crippen LogP contribution in [0.25, 0.3) is 0 Å². The molecule has 86 valence electrons. The van der Waals surface area contributed by atoms with Crippen molar-refractivity contribution in [2.45, 2.75) is 56.9 Å². The Kier molecular flexibility index (Phi) is 2.69. The molecule has 1 heterocycles. The zero-order valence-electron chi connectivity index (χ0n) is 9.15. The minimum atomic E-state index is -2.57. The molecule has 1 saturated carbocycles. The molecule has 0 aromatic heterocycles. The van der Waals surface area contributed by atoms with Crippen LogP contribution < -0.4 is 5.32 Å². The molecular weight excluding hydrogens is 198 g/mol. The third-order valence-electron chi connectivity index (χ3n) is 3.34. The van der Waals surface area contributed by atoms with E-state index in [1.54, 1.807) is 0 Å². The van der Waals surface area contributed by atoms with Gasteiger partial charge in [-0.1, -0.05) is 12.8 Å². The van der Waals surface area contributed by atoms with Gasteiger partial charge in [0.05, 0.1) is 17.9 Å². The summed E-state index contributed by atoms with van der Waals surface area (Å²) >= 11 is 0. The van der Waals surface area contributed by atoms with Crippen LogP contribution in [0.3, 0.4) is 0 Å². The summed E-state index contributed by atoms with van der Waals surface area (Å²) in [4.78, 5) is 4.35. The summed E-state index contributed by atoms with van der Waals surface area (Å²) in [5.41, 5.74) is 0.137. The molecule has 1 spiro atoms. The maximum atomic E-state index is 12.7. The Balaban J connectivity index is 1.82. The number of halogens is 2. The lowest BCUT2D eigenvalue weighted by atomic mass is 9.99. The third kappa shape index (κ3) is 2.67. The maximum Gasteiger partial charge on any atom is 0.245 e. The Labute approximate surface area is 89.2 Å². The minimum Gasteiger partial charge on any atom is -0.367 e. The normalized spacial score (nSPS) is 24.3. The lowest BCUT2D eigenvalue weighted by Gasteiger charge is -2.23. The first-order valence-corrected chi connectivity index (χ1v) is 5.69. The number of alkyl halides is 2. The van der Waals surface area contributed by atoms with Crippen LogP contribution in [0.2, 0.25) is 0 Å². The highest BCUT2D eigenvalue weighted by molar-refractivity contribution is 5.84. The van der Waals surface area contributed by atoms with Crippen molar-refractivity contribution in [1.29, 1.82) is 0 Å². The molecule has 0 saturated heterocycles. The quantitative estimate of drug-likeness (QED) is 0.770. The average molecular weight is 216 g/mol. The highest BCUT2D eigenvalue weighted by Gasteiger charge is 2.38. The molecule has 1 fully saturated rings. The van der Waals surface area contributed by atoms with Crippen LogP contribution in [0.4, 0.5) is 8.78 Å². The van der Waals surface area contributed by atoms with Crippen LogP contribution in [0.5, 0.6) is 0 Å². The van der Waals surface area contributed by atoms with Gasteiger partial charge in [-0.25, -0.2) is 8.78 Å². The van der Waals surface area contributed by atoms with Gasteiger partial charge in [-0.05, 0) is 19.8 Å². The van der Waals surface area contributed by atoms with Crippen LogP contribution >= 0.6 is 0 Å². The Morgan fingerprint density at radius 1 is 1.40 bits per heavy atom. The topological polar surface area (TPSA) is 24.4 Å². The van der Waals surface area contributed by atoms with Crippen molar-refractivity contribution < 1.29 is 8.78 Å². The van der Waals surface area contributed by atoms with Gasteiger partial charge in [0.25, 0.3) is 0 Å². The first-order chi connectivity index (χ1) is 6.99. The summed E-state index contributed by atoms with van der Waals surface area (Å²) in [6.07, 6.45) is 5.03. The number of hydrogen-bond donors (Lipinski definition) is 1. The second kappa shape index (κ2) is 3.72. The van der Waals surface area contributed by atoms with Crippen LogP contribution in [0.1, 0.15) is 45.4 Å². The average Bonchev–Trinajstić information content (AvgIpc) is 2.73. The smallest absolute Gasteiger partial charge is 0.245 e. The number of nitrogens with zero attached hydrogens (tertiary/aromatic N) is 1. The fraction of sp³-hybridized carbons (Fsp3) is 0.909. The summed E-state index contributed by atoms with van der Waals surface area (Å²) in [5, 5.41) is 3.36. The Bertz CT molecular complexity index is 262. The molecule has 15 heavy (non-hydrogen) atoms. The van der Waals surface area contributed by atoms with E-state index in [0.717, 1.165) is 32.1 Å². The van der Waals surface area contributed by atoms with E-state index in [-0.39, 0.29) is 12.0 Å². The lowest BCUT2D eigenvalue weighted by Crippen LogP contribution is -2.43. The summed E-state index contributed by atoms with van der Waals surface area (Å²) in [7, 11) is 0. The van der Waals surface area contributed by atoms with E-state index in [4.69, 9.17) is 0 Å². The van der Waals surface area contributed by atoms with Crippen molar-refractivity contribution in [3.8, 4) is 0 Å². The fourth-order valence-corrected chi connectivity index (χ4v) is 2.45. The van der Waals surface area contributed by atoms with Crippen molar-refractivity contribution in [1.82, 2.24) is 5.32 Å². The first kappa shape index (κ1) is 10.8. The van der Waals surface area contributed by atoms with Crippen molar-refractivity contribution in [3.63, 3.8) is 0 Å². The van der Waals surface area contributed by atoms with Crippen molar-refractivity contribution >= 4 is 5.84 Å². The monoisotopic (exact) mass is 216 g/mol. The second-order valence-electron chi connectivity index (χ2n) is 4.95. The first-order valence-electron chi connectivity index (χ1n) is 5.69. The van der Waals surface area contributed by atoms with E-state index < -0.39 is 5.92 Å². The maximum absolute atomic E-state index is 12.7. The molecule has 1 aliphatic carbocycles. The molecule has 0 bridgehead atoms. The molecule has 0 aromatic rings. The van der Waals surface area contributed by atoms with Gasteiger partial charge in [0.15, 0.2) is 0 Å². The number of amidine groups is 1. The van der Waals surface area contributed by atoms with Gasteiger partial charge >= 0.3 is 0 Å². The van der Waals surface area contributed by atoms with Crippen molar-refractivity contribution in [3.05, 3.63) is 0 Å². The van der Waals surface area contributed by atoms with Crippen LogP contribution in [-0.2, 0) is 0 Å². The molecule has 0 amide bonds. The zero-order valence-corrected chi connectivity index (χ0v) is 9.15. The summed E-state index contributed by atoms with van der Waals surface area (Å²) < 4.78 is 25.3. The van der Waals surface area contributed by atoms with E-state index in [9.17, 15) is 8.78 Å². The number of hydrogen-bond acceptors (Lipinski definition) is 2. The molecule has 0 radical (unpaired) electrons. The van der Waals surface area contributed by atoms with Gasteiger partial charge in [0, 0.05) is 12.8 Å². The molecule has 1 aliphatic heterocycles. The van der Waals surface area contributed by atoms with Gasteiger partial charge in [-0.3, -0.25) is 4.99 Å². The molecule has 0 atom stereocenters. The molecule has 0 unspecified atom stereocenters. The fourth-order valence-electron chi connectivity index (χ4n) is 2.45. The lowest BCUT2D eigenvalue weighted by molar-refractivity contribution is 0.0149. The molecule has 0 aromatic carbocycles.